The molecule has 4 rings (SSSR count). The number of hydrogen-bond acceptors (Lipinski definition) is 4. The molecule has 32 heavy (non-hydrogen) atoms. The summed E-state index contributed by atoms with van der Waals surface area (Å²) in [5.41, 5.74) is 2.56. The average molecular weight is 469 g/mol. The van der Waals surface area contributed by atoms with E-state index in [-0.39, 0.29) is 6.04 Å². The van der Waals surface area contributed by atoms with Crippen LogP contribution in [0.15, 0.2) is 82.4 Å². The highest BCUT2D eigenvalue weighted by Crippen LogP contribution is 2.27. The van der Waals surface area contributed by atoms with E-state index in [9.17, 15) is 8.42 Å². The highest BCUT2D eigenvalue weighted by molar-refractivity contribution is 7.91. The quantitative estimate of drug-likeness (QED) is 0.417. The lowest BCUT2D eigenvalue weighted by Crippen LogP contribution is -2.48. The van der Waals surface area contributed by atoms with Crippen LogP contribution in [-0.2, 0) is 22.9 Å². The Morgan fingerprint density at radius 3 is 2.06 bits per heavy atom. The Bertz CT molecular complexity index is 1030. The van der Waals surface area contributed by atoms with Crippen molar-refractivity contribution in [2.45, 2.75) is 42.4 Å². The Morgan fingerprint density at radius 2 is 1.47 bits per heavy atom. The van der Waals surface area contributed by atoms with Crippen LogP contribution in [0.2, 0.25) is 0 Å². The molecule has 4 nitrogen and oxygen atoms in total. The van der Waals surface area contributed by atoms with Crippen LogP contribution in [0.1, 0.15) is 30.4 Å². The molecule has 0 atom stereocenters. The molecule has 1 fully saturated rings. The van der Waals surface area contributed by atoms with Gasteiger partial charge in [-0.2, -0.15) is 4.31 Å². The van der Waals surface area contributed by atoms with Crippen LogP contribution in [0.25, 0.3) is 0 Å². The van der Waals surface area contributed by atoms with Gasteiger partial charge in [0.25, 0.3) is 10.0 Å². The van der Waals surface area contributed by atoms with Gasteiger partial charge in [0.1, 0.15) is 4.21 Å². The predicted molar refractivity (Wildman–Crippen MR) is 133 cm³/mol. The molecule has 0 saturated carbocycles. The van der Waals surface area contributed by atoms with E-state index in [1.165, 1.54) is 22.5 Å². The van der Waals surface area contributed by atoms with Gasteiger partial charge < -0.3 is 4.90 Å². The van der Waals surface area contributed by atoms with E-state index >= 15 is 0 Å². The molecule has 0 unspecified atom stereocenters. The van der Waals surface area contributed by atoms with Crippen LogP contribution >= 0.6 is 11.3 Å². The Balaban J connectivity index is 1.36. The fraction of sp³-hybridized carbons (Fsp3) is 0.385. The Morgan fingerprint density at radius 1 is 0.844 bits per heavy atom. The lowest BCUT2D eigenvalue weighted by molar-refractivity contribution is 0.158. The number of nitrogens with zero attached hydrogens (tertiary/aromatic N) is 2. The topological polar surface area (TPSA) is 40.6 Å². The largest absolute Gasteiger partial charge is 0.303 e. The summed E-state index contributed by atoms with van der Waals surface area (Å²) in [7, 11) is -3.46. The average Bonchev–Trinajstić information content (AvgIpc) is 3.38. The summed E-state index contributed by atoms with van der Waals surface area (Å²) in [4.78, 5) is 2.49. The summed E-state index contributed by atoms with van der Waals surface area (Å²) in [6.07, 6.45) is 4.76. The van der Waals surface area contributed by atoms with E-state index < -0.39 is 10.0 Å². The predicted octanol–water partition coefficient (Wildman–Crippen LogP) is 5.08. The number of sulfonamides is 1. The third-order valence-corrected chi connectivity index (χ3v) is 9.59. The van der Waals surface area contributed by atoms with Crippen molar-refractivity contribution in [1.29, 1.82) is 0 Å². The molecule has 170 valence electrons. The second kappa shape index (κ2) is 11.2. The molecular weight excluding hydrogens is 436 g/mol. The van der Waals surface area contributed by atoms with Crippen molar-refractivity contribution in [3.63, 3.8) is 0 Å². The van der Waals surface area contributed by atoms with Crippen LogP contribution in [-0.4, -0.2) is 49.8 Å². The molecule has 1 aliphatic rings. The van der Waals surface area contributed by atoms with E-state index in [0.717, 1.165) is 51.7 Å². The Labute approximate surface area is 196 Å². The molecule has 1 aromatic heterocycles. The number of likely N-dealkylation sites (tertiary alicyclic amines) is 1. The maximum Gasteiger partial charge on any atom is 0.252 e. The first kappa shape index (κ1) is 23.2. The van der Waals surface area contributed by atoms with Gasteiger partial charge in [-0.25, -0.2) is 8.42 Å². The first-order valence-corrected chi connectivity index (χ1v) is 13.8. The summed E-state index contributed by atoms with van der Waals surface area (Å²) < 4.78 is 29.1. The summed E-state index contributed by atoms with van der Waals surface area (Å²) >= 11 is 1.31. The molecule has 0 radical (unpaired) electrons. The third kappa shape index (κ3) is 6.07. The van der Waals surface area contributed by atoms with E-state index in [4.69, 9.17) is 0 Å². The van der Waals surface area contributed by atoms with Crippen molar-refractivity contribution in [3.8, 4) is 0 Å². The number of rotatable bonds is 10. The van der Waals surface area contributed by atoms with Crippen LogP contribution < -0.4 is 0 Å². The summed E-state index contributed by atoms with van der Waals surface area (Å²) in [5, 5.41) is 1.84. The van der Waals surface area contributed by atoms with Crippen molar-refractivity contribution in [2.75, 3.05) is 26.2 Å². The van der Waals surface area contributed by atoms with E-state index in [0.29, 0.717) is 10.8 Å². The molecule has 0 aliphatic carbocycles. The second-order valence-electron chi connectivity index (χ2n) is 8.45. The van der Waals surface area contributed by atoms with Crippen LogP contribution in [0.5, 0.6) is 0 Å². The van der Waals surface area contributed by atoms with Crippen molar-refractivity contribution in [1.82, 2.24) is 9.21 Å². The van der Waals surface area contributed by atoms with E-state index in [2.05, 4.69) is 47.4 Å². The third-order valence-electron chi connectivity index (χ3n) is 6.27. The maximum atomic E-state index is 13.4. The molecule has 3 aromatic rings. The number of piperidine rings is 1. The van der Waals surface area contributed by atoms with Crippen molar-refractivity contribution >= 4 is 21.4 Å². The SMILES string of the molecule is O=S(=O)(c1cccs1)N(CCc1ccccc1)C1CCN(CCCc2ccccc2)CC1. The number of hydrogen-bond donors (Lipinski definition) is 0. The first-order chi connectivity index (χ1) is 15.6. The lowest BCUT2D eigenvalue weighted by Gasteiger charge is -2.37. The number of benzene rings is 2. The molecule has 2 heterocycles. The van der Waals surface area contributed by atoms with Crippen LogP contribution in [0.3, 0.4) is 0 Å². The van der Waals surface area contributed by atoms with Gasteiger partial charge in [0.05, 0.1) is 0 Å². The molecule has 0 spiro atoms. The standard InChI is InChI=1S/C26H32N2O2S2/c29-32(30,26-14-8-22-31-26)28(21-15-24-11-5-2-6-12-24)25-16-19-27(20-17-25)18-7-13-23-9-3-1-4-10-23/h1-6,8-12,14,22,25H,7,13,15-21H2. The number of aryl methyl sites for hydroxylation is 1. The van der Waals surface area contributed by atoms with E-state index in [1.54, 1.807) is 10.4 Å². The molecule has 1 saturated heterocycles. The van der Waals surface area contributed by atoms with Gasteiger partial charge in [-0.1, -0.05) is 66.7 Å². The normalized spacial score (nSPS) is 15.9. The van der Waals surface area contributed by atoms with Crippen molar-refractivity contribution < 1.29 is 8.42 Å². The molecule has 0 amide bonds. The van der Waals surface area contributed by atoms with Gasteiger partial charge in [0, 0.05) is 12.6 Å². The second-order valence-corrected chi connectivity index (χ2v) is 11.5. The Hall–Kier alpha value is -1.99. The van der Waals surface area contributed by atoms with Crippen molar-refractivity contribution in [3.05, 3.63) is 89.3 Å². The molecule has 2 aromatic carbocycles. The smallest absolute Gasteiger partial charge is 0.252 e. The highest BCUT2D eigenvalue weighted by Gasteiger charge is 2.34. The van der Waals surface area contributed by atoms with Crippen molar-refractivity contribution in [2.24, 2.45) is 0 Å². The van der Waals surface area contributed by atoms with Gasteiger partial charge in [0.15, 0.2) is 0 Å². The van der Waals surface area contributed by atoms with Gasteiger partial charge in [0.2, 0.25) is 0 Å². The first-order valence-electron chi connectivity index (χ1n) is 11.5. The Kier molecular flexibility index (Phi) is 8.14. The summed E-state index contributed by atoms with van der Waals surface area (Å²) in [6.45, 7) is 3.52. The number of thiophene rings is 1. The summed E-state index contributed by atoms with van der Waals surface area (Å²) in [5.74, 6) is 0. The zero-order valence-electron chi connectivity index (χ0n) is 18.5. The fourth-order valence-corrected chi connectivity index (χ4v) is 7.30. The summed E-state index contributed by atoms with van der Waals surface area (Å²) in [6, 6.07) is 24.4. The van der Waals surface area contributed by atoms with Gasteiger partial charge in [-0.3, -0.25) is 0 Å². The van der Waals surface area contributed by atoms with Gasteiger partial charge in [-0.15, -0.1) is 11.3 Å². The van der Waals surface area contributed by atoms with E-state index in [1.807, 2.05) is 29.6 Å². The molecule has 0 N–H and O–H groups in total. The highest BCUT2D eigenvalue weighted by atomic mass is 32.2. The lowest BCUT2D eigenvalue weighted by atomic mass is 10.0. The molecule has 0 bridgehead atoms. The van der Waals surface area contributed by atoms with Gasteiger partial charge in [-0.05, 0) is 74.3 Å². The zero-order chi connectivity index (χ0) is 22.2. The van der Waals surface area contributed by atoms with Crippen LogP contribution in [0, 0.1) is 0 Å². The van der Waals surface area contributed by atoms with Gasteiger partial charge >= 0.3 is 0 Å². The molecular formula is C26H32N2O2S2. The minimum Gasteiger partial charge on any atom is -0.303 e. The molecule has 6 heteroatoms. The van der Waals surface area contributed by atoms with Crippen LogP contribution in [0.4, 0.5) is 0 Å². The fourth-order valence-electron chi connectivity index (χ4n) is 4.49. The maximum absolute atomic E-state index is 13.4. The minimum atomic E-state index is -3.46. The molecule has 1 aliphatic heterocycles. The minimum absolute atomic E-state index is 0.0659. The zero-order valence-corrected chi connectivity index (χ0v) is 20.1. The monoisotopic (exact) mass is 468 g/mol.